The molecule has 0 saturated carbocycles. The Morgan fingerprint density at radius 1 is 1.23 bits per heavy atom. The number of piperidine rings is 1. The first kappa shape index (κ1) is 16.2. The van der Waals surface area contributed by atoms with E-state index < -0.39 is 16.1 Å². The molecule has 3 saturated heterocycles. The first-order chi connectivity index (χ1) is 10.5. The minimum absolute atomic E-state index is 0.0940. The SMILES string of the molecule is CCCS(=O)(=O)N1CCCC1C(=O)NC1CC2CCC(C1)N2. The Labute approximate surface area is 133 Å². The summed E-state index contributed by atoms with van der Waals surface area (Å²) >= 11 is 0. The van der Waals surface area contributed by atoms with Crippen molar-refractivity contribution in [3.05, 3.63) is 0 Å². The summed E-state index contributed by atoms with van der Waals surface area (Å²) in [6.07, 6.45) is 6.33. The lowest BCUT2D eigenvalue weighted by Crippen LogP contribution is -2.53. The van der Waals surface area contributed by atoms with Gasteiger partial charge < -0.3 is 10.6 Å². The normalized spacial score (nSPS) is 35.7. The van der Waals surface area contributed by atoms with Crippen LogP contribution in [0, 0.1) is 0 Å². The smallest absolute Gasteiger partial charge is 0.238 e. The molecule has 3 atom stereocenters. The minimum atomic E-state index is -3.29. The van der Waals surface area contributed by atoms with E-state index in [0.717, 1.165) is 19.3 Å². The first-order valence-electron chi connectivity index (χ1n) is 8.55. The van der Waals surface area contributed by atoms with Crippen LogP contribution in [0.3, 0.4) is 0 Å². The van der Waals surface area contributed by atoms with Crippen LogP contribution in [-0.4, -0.2) is 55.1 Å². The zero-order valence-corrected chi connectivity index (χ0v) is 14.1. The van der Waals surface area contributed by atoms with Crippen molar-refractivity contribution in [1.82, 2.24) is 14.9 Å². The molecule has 3 fully saturated rings. The zero-order valence-electron chi connectivity index (χ0n) is 13.3. The topological polar surface area (TPSA) is 78.5 Å². The maximum Gasteiger partial charge on any atom is 0.238 e. The molecule has 2 N–H and O–H groups in total. The van der Waals surface area contributed by atoms with E-state index in [1.807, 2.05) is 6.92 Å². The molecule has 3 aliphatic heterocycles. The van der Waals surface area contributed by atoms with Gasteiger partial charge in [0.25, 0.3) is 0 Å². The Balaban J connectivity index is 1.61. The number of nitrogens with zero attached hydrogens (tertiary/aromatic N) is 1. The van der Waals surface area contributed by atoms with Gasteiger partial charge in [-0.05, 0) is 44.9 Å². The third kappa shape index (κ3) is 3.31. The molecule has 0 aliphatic carbocycles. The van der Waals surface area contributed by atoms with Gasteiger partial charge in [-0.15, -0.1) is 0 Å². The van der Waals surface area contributed by atoms with E-state index in [0.29, 0.717) is 31.5 Å². The van der Waals surface area contributed by atoms with Crippen molar-refractivity contribution >= 4 is 15.9 Å². The lowest BCUT2D eigenvalue weighted by Gasteiger charge is -2.31. The molecule has 6 nitrogen and oxygen atoms in total. The van der Waals surface area contributed by atoms with E-state index in [2.05, 4.69) is 10.6 Å². The van der Waals surface area contributed by atoms with E-state index in [1.165, 1.54) is 17.1 Å². The zero-order chi connectivity index (χ0) is 15.7. The van der Waals surface area contributed by atoms with Crippen LogP contribution in [0.1, 0.15) is 51.9 Å². The molecule has 0 radical (unpaired) electrons. The molecule has 0 aromatic carbocycles. The second-order valence-corrected chi connectivity index (χ2v) is 8.94. The molecule has 3 heterocycles. The summed E-state index contributed by atoms with van der Waals surface area (Å²) in [6.45, 7) is 2.34. The molecule has 22 heavy (non-hydrogen) atoms. The summed E-state index contributed by atoms with van der Waals surface area (Å²) in [5, 5.41) is 6.68. The third-order valence-electron chi connectivity index (χ3n) is 5.15. The highest BCUT2D eigenvalue weighted by atomic mass is 32.2. The van der Waals surface area contributed by atoms with Crippen LogP contribution < -0.4 is 10.6 Å². The predicted octanol–water partition coefficient (Wildman–Crippen LogP) is 0.590. The van der Waals surface area contributed by atoms with Gasteiger partial charge >= 0.3 is 0 Å². The van der Waals surface area contributed by atoms with Crippen molar-refractivity contribution in [3.63, 3.8) is 0 Å². The van der Waals surface area contributed by atoms with Crippen molar-refractivity contribution < 1.29 is 13.2 Å². The van der Waals surface area contributed by atoms with Gasteiger partial charge in [0.15, 0.2) is 0 Å². The highest BCUT2D eigenvalue weighted by Crippen LogP contribution is 2.28. The fraction of sp³-hybridized carbons (Fsp3) is 0.933. The predicted molar refractivity (Wildman–Crippen MR) is 84.9 cm³/mol. The van der Waals surface area contributed by atoms with Gasteiger partial charge in [-0.2, -0.15) is 4.31 Å². The number of rotatable bonds is 5. The highest BCUT2D eigenvalue weighted by molar-refractivity contribution is 7.89. The largest absolute Gasteiger partial charge is 0.352 e. The number of amides is 1. The first-order valence-corrected chi connectivity index (χ1v) is 10.2. The van der Waals surface area contributed by atoms with Crippen LogP contribution in [0.25, 0.3) is 0 Å². The van der Waals surface area contributed by atoms with E-state index >= 15 is 0 Å². The third-order valence-corrected chi connectivity index (χ3v) is 7.22. The summed E-state index contributed by atoms with van der Waals surface area (Å²) in [5.41, 5.74) is 0. The van der Waals surface area contributed by atoms with Gasteiger partial charge in [0.2, 0.25) is 15.9 Å². The fourth-order valence-corrected chi connectivity index (χ4v) is 5.93. The molecule has 3 aliphatic rings. The number of carbonyl (C=O) groups is 1. The Morgan fingerprint density at radius 2 is 1.91 bits per heavy atom. The average molecular weight is 329 g/mol. The van der Waals surface area contributed by atoms with Gasteiger partial charge in [0.1, 0.15) is 6.04 Å². The molecule has 7 heteroatoms. The van der Waals surface area contributed by atoms with Crippen molar-refractivity contribution in [2.75, 3.05) is 12.3 Å². The summed E-state index contributed by atoms with van der Waals surface area (Å²) in [5.74, 6) is 0.0392. The van der Waals surface area contributed by atoms with Crippen LogP contribution >= 0.6 is 0 Å². The van der Waals surface area contributed by atoms with Gasteiger partial charge in [0.05, 0.1) is 5.75 Å². The van der Waals surface area contributed by atoms with E-state index in [9.17, 15) is 13.2 Å². The van der Waals surface area contributed by atoms with Crippen LogP contribution in [-0.2, 0) is 14.8 Å². The molecule has 0 aromatic heterocycles. The molecular weight excluding hydrogens is 302 g/mol. The quantitative estimate of drug-likeness (QED) is 0.774. The molecule has 0 spiro atoms. The molecule has 1 amide bonds. The lowest BCUT2D eigenvalue weighted by atomic mass is 9.99. The fourth-order valence-electron chi connectivity index (χ4n) is 4.18. The van der Waals surface area contributed by atoms with E-state index in [-0.39, 0.29) is 17.7 Å². The lowest BCUT2D eigenvalue weighted by molar-refractivity contribution is -0.125. The van der Waals surface area contributed by atoms with Crippen LogP contribution in [0.4, 0.5) is 0 Å². The molecule has 3 rings (SSSR count). The average Bonchev–Trinajstić information content (AvgIpc) is 3.06. The van der Waals surface area contributed by atoms with Crippen molar-refractivity contribution in [1.29, 1.82) is 0 Å². The summed E-state index contributed by atoms with van der Waals surface area (Å²) in [6, 6.07) is 0.742. The number of carbonyl (C=O) groups excluding carboxylic acids is 1. The van der Waals surface area contributed by atoms with Gasteiger partial charge in [0, 0.05) is 24.7 Å². The van der Waals surface area contributed by atoms with Gasteiger partial charge in [-0.25, -0.2) is 8.42 Å². The maximum absolute atomic E-state index is 12.6. The highest BCUT2D eigenvalue weighted by Gasteiger charge is 2.40. The van der Waals surface area contributed by atoms with Crippen LogP contribution in [0.5, 0.6) is 0 Å². The standard InChI is InChI=1S/C15H27N3O3S/c1-2-8-22(20,21)18-7-3-4-14(18)15(19)17-13-9-11-5-6-12(10-13)16-11/h11-14,16H,2-10H2,1H3,(H,17,19). The monoisotopic (exact) mass is 329 g/mol. The molecule has 2 bridgehead atoms. The van der Waals surface area contributed by atoms with Crippen molar-refractivity contribution in [2.24, 2.45) is 0 Å². The van der Waals surface area contributed by atoms with Gasteiger partial charge in [-0.1, -0.05) is 6.92 Å². The van der Waals surface area contributed by atoms with Crippen molar-refractivity contribution in [3.8, 4) is 0 Å². The molecule has 126 valence electrons. The van der Waals surface area contributed by atoms with Crippen LogP contribution in [0.15, 0.2) is 0 Å². The maximum atomic E-state index is 12.6. The molecule has 3 unspecified atom stereocenters. The number of hydrogen-bond acceptors (Lipinski definition) is 4. The summed E-state index contributed by atoms with van der Waals surface area (Å²) in [7, 11) is -3.29. The van der Waals surface area contributed by atoms with E-state index in [1.54, 1.807) is 0 Å². The second kappa shape index (κ2) is 6.45. The number of sulfonamides is 1. The Kier molecular flexibility index (Phi) is 4.75. The van der Waals surface area contributed by atoms with Gasteiger partial charge in [-0.3, -0.25) is 4.79 Å². The minimum Gasteiger partial charge on any atom is -0.352 e. The Bertz CT molecular complexity index is 510. The Hall–Kier alpha value is -0.660. The number of fused-ring (bicyclic) bond motifs is 2. The van der Waals surface area contributed by atoms with E-state index in [4.69, 9.17) is 0 Å². The summed E-state index contributed by atoms with van der Waals surface area (Å²) in [4.78, 5) is 12.6. The summed E-state index contributed by atoms with van der Waals surface area (Å²) < 4.78 is 26.0. The molecular formula is C15H27N3O3S. The molecule has 0 aromatic rings. The second-order valence-electron chi connectivity index (χ2n) is 6.90. The number of nitrogens with one attached hydrogen (secondary N) is 2. The van der Waals surface area contributed by atoms with Crippen LogP contribution in [0.2, 0.25) is 0 Å². The van der Waals surface area contributed by atoms with Crippen molar-refractivity contribution in [2.45, 2.75) is 76.0 Å². The Morgan fingerprint density at radius 3 is 2.55 bits per heavy atom. The number of hydrogen-bond donors (Lipinski definition) is 2.